The maximum Gasteiger partial charge on any atom is 0.170 e. The molecule has 0 amide bonds. The molecule has 0 aliphatic heterocycles. The first-order valence-corrected chi connectivity index (χ1v) is 8.55. The van der Waals surface area contributed by atoms with Crippen molar-refractivity contribution in [2.24, 2.45) is 0 Å². The summed E-state index contributed by atoms with van der Waals surface area (Å²) in [6.07, 6.45) is 2.14. The number of rotatable bonds is 5. The summed E-state index contributed by atoms with van der Waals surface area (Å²) in [5, 5.41) is 7.28. The molecular formula is C20H26N2S. The minimum absolute atomic E-state index is 0.694. The fraction of sp³-hybridized carbons (Fsp3) is 0.350. The van der Waals surface area contributed by atoms with Gasteiger partial charge in [0, 0.05) is 12.2 Å². The maximum absolute atomic E-state index is 5.39. The zero-order chi connectivity index (χ0) is 16.8. The second kappa shape index (κ2) is 8.11. The van der Waals surface area contributed by atoms with Gasteiger partial charge in [-0.3, -0.25) is 0 Å². The zero-order valence-electron chi connectivity index (χ0n) is 14.5. The van der Waals surface area contributed by atoms with Crippen LogP contribution in [0.2, 0.25) is 0 Å². The van der Waals surface area contributed by atoms with E-state index in [-0.39, 0.29) is 0 Å². The molecule has 0 fully saturated rings. The van der Waals surface area contributed by atoms with Gasteiger partial charge in [0.05, 0.1) is 0 Å². The first kappa shape index (κ1) is 17.5. The van der Waals surface area contributed by atoms with E-state index < -0.39 is 0 Å². The van der Waals surface area contributed by atoms with Crippen LogP contribution in [0.5, 0.6) is 0 Å². The van der Waals surface area contributed by atoms with Gasteiger partial charge in [0.25, 0.3) is 0 Å². The highest BCUT2D eigenvalue weighted by Gasteiger charge is 2.02. The molecule has 2 rings (SSSR count). The lowest BCUT2D eigenvalue weighted by atomic mass is 10.0. The van der Waals surface area contributed by atoms with E-state index in [1.807, 2.05) is 0 Å². The topological polar surface area (TPSA) is 24.1 Å². The van der Waals surface area contributed by atoms with Crippen molar-refractivity contribution in [3.8, 4) is 0 Å². The summed E-state index contributed by atoms with van der Waals surface area (Å²) < 4.78 is 0. The van der Waals surface area contributed by atoms with Gasteiger partial charge >= 0.3 is 0 Å². The van der Waals surface area contributed by atoms with Crippen LogP contribution in [-0.4, -0.2) is 11.7 Å². The molecule has 2 nitrogen and oxygen atoms in total. The average Bonchev–Trinajstić information content (AvgIpc) is 2.49. The molecule has 0 bridgehead atoms. The molecule has 0 saturated carbocycles. The van der Waals surface area contributed by atoms with Gasteiger partial charge in [-0.1, -0.05) is 35.9 Å². The van der Waals surface area contributed by atoms with Crippen molar-refractivity contribution in [2.75, 3.05) is 11.9 Å². The summed E-state index contributed by atoms with van der Waals surface area (Å²) in [6.45, 7) is 9.37. The van der Waals surface area contributed by atoms with Gasteiger partial charge in [0.2, 0.25) is 0 Å². The number of benzene rings is 2. The second-order valence-corrected chi connectivity index (χ2v) is 6.64. The molecule has 3 heteroatoms. The van der Waals surface area contributed by atoms with Crippen molar-refractivity contribution < 1.29 is 0 Å². The standard InChI is InChI=1S/C20H26N2S/c1-14-8-10-18(17(4)12-14)6-5-11-21-20(23)22-19-13-15(2)7-9-16(19)3/h7-10,12-13H,5-6,11H2,1-4H3,(H2,21,22,23). The Kier molecular flexibility index (Phi) is 6.17. The summed E-state index contributed by atoms with van der Waals surface area (Å²) in [7, 11) is 0. The summed E-state index contributed by atoms with van der Waals surface area (Å²) in [5.74, 6) is 0. The van der Waals surface area contributed by atoms with Gasteiger partial charge in [-0.05, 0) is 81.1 Å². The third kappa shape index (κ3) is 5.36. The molecule has 0 heterocycles. The first-order chi connectivity index (χ1) is 11.0. The lowest BCUT2D eigenvalue weighted by Crippen LogP contribution is -2.29. The van der Waals surface area contributed by atoms with Gasteiger partial charge in [-0.25, -0.2) is 0 Å². The monoisotopic (exact) mass is 326 g/mol. The lowest BCUT2D eigenvalue weighted by molar-refractivity contribution is 0.774. The average molecular weight is 327 g/mol. The predicted molar refractivity (Wildman–Crippen MR) is 104 cm³/mol. The summed E-state index contributed by atoms with van der Waals surface area (Å²) in [4.78, 5) is 0. The molecule has 0 unspecified atom stereocenters. The van der Waals surface area contributed by atoms with Gasteiger partial charge in [0.1, 0.15) is 0 Å². The van der Waals surface area contributed by atoms with Crippen LogP contribution in [-0.2, 0) is 6.42 Å². The number of thiocarbonyl (C=S) groups is 1. The highest BCUT2D eigenvalue weighted by atomic mass is 32.1. The van der Waals surface area contributed by atoms with Gasteiger partial charge in [-0.15, -0.1) is 0 Å². The fourth-order valence-corrected chi connectivity index (χ4v) is 2.86. The lowest BCUT2D eigenvalue weighted by Gasteiger charge is -2.13. The number of anilines is 1. The van der Waals surface area contributed by atoms with Crippen LogP contribution in [0, 0.1) is 27.7 Å². The van der Waals surface area contributed by atoms with Gasteiger partial charge in [-0.2, -0.15) is 0 Å². The van der Waals surface area contributed by atoms with E-state index in [9.17, 15) is 0 Å². The molecule has 2 aromatic rings. The van der Waals surface area contributed by atoms with E-state index >= 15 is 0 Å². The van der Waals surface area contributed by atoms with Gasteiger partial charge < -0.3 is 10.6 Å². The minimum atomic E-state index is 0.694. The molecule has 0 aliphatic rings. The first-order valence-electron chi connectivity index (χ1n) is 8.14. The van der Waals surface area contributed by atoms with E-state index in [2.05, 4.69) is 74.7 Å². The van der Waals surface area contributed by atoms with Crippen molar-refractivity contribution in [2.45, 2.75) is 40.5 Å². The molecule has 0 spiro atoms. The molecule has 2 N–H and O–H groups in total. The molecule has 2 aromatic carbocycles. The SMILES string of the molecule is Cc1ccc(CCCNC(=S)Nc2cc(C)ccc2C)c(C)c1. The van der Waals surface area contributed by atoms with Crippen molar-refractivity contribution >= 4 is 23.0 Å². The van der Waals surface area contributed by atoms with E-state index in [1.54, 1.807) is 0 Å². The molecule has 23 heavy (non-hydrogen) atoms. The van der Waals surface area contributed by atoms with E-state index in [4.69, 9.17) is 12.2 Å². The zero-order valence-corrected chi connectivity index (χ0v) is 15.3. The smallest absolute Gasteiger partial charge is 0.170 e. The quantitative estimate of drug-likeness (QED) is 0.607. The Morgan fingerprint density at radius 2 is 1.61 bits per heavy atom. The molecule has 0 atom stereocenters. The normalized spacial score (nSPS) is 10.4. The number of hydrogen-bond donors (Lipinski definition) is 2. The maximum atomic E-state index is 5.39. The minimum Gasteiger partial charge on any atom is -0.362 e. The van der Waals surface area contributed by atoms with E-state index in [0.29, 0.717) is 5.11 Å². The summed E-state index contributed by atoms with van der Waals surface area (Å²) in [6, 6.07) is 13.0. The molecular weight excluding hydrogens is 300 g/mol. The Hall–Kier alpha value is -1.87. The van der Waals surface area contributed by atoms with Crippen LogP contribution in [0.25, 0.3) is 0 Å². The number of aryl methyl sites for hydroxylation is 5. The largest absolute Gasteiger partial charge is 0.362 e. The Morgan fingerprint density at radius 1 is 0.913 bits per heavy atom. The third-order valence-corrected chi connectivity index (χ3v) is 4.29. The third-order valence-electron chi connectivity index (χ3n) is 4.05. The van der Waals surface area contributed by atoms with Gasteiger partial charge in [0.15, 0.2) is 5.11 Å². The fourth-order valence-electron chi connectivity index (χ4n) is 2.64. The Bertz CT molecular complexity index is 692. The van der Waals surface area contributed by atoms with Crippen LogP contribution >= 0.6 is 12.2 Å². The molecule has 0 aromatic heterocycles. The summed E-state index contributed by atoms with van der Waals surface area (Å²) in [5.41, 5.74) is 7.64. The van der Waals surface area contributed by atoms with Crippen LogP contribution in [0.15, 0.2) is 36.4 Å². The van der Waals surface area contributed by atoms with Crippen molar-refractivity contribution in [1.82, 2.24) is 5.32 Å². The predicted octanol–water partition coefficient (Wildman–Crippen LogP) is 4.84. The van der Waals surface area contributed by atoms with Crippen LogP contribution in [0.4, 0.5) is 5.69 Å². The van der Waals surface area contributed by atoms with E-state index in [0.717, 1.165) is 25.1 Å². The number of hydrogen-bond acceptors (Lipinski definition) is 1. The van der Waals surface area contributed by atoms with Crippen LogP contribution in [0.3, 0.4) is 0 Å². The Morgan fingerprint density at radius 3 is 2.35 bits per heavy atom. The van der Waals surface area contributed by atoms with E-state index in [1.165, 1.54) is 27.8 Å². The molecule has 122 valence electrons. The highest BCUT2D eigenvalue weighted by molar-refractivity contribution is 7.80. The molecule has 0 aliphatic carbocycles. The highest BCUT2D eigenvalue weighted by Crippen LogP contribution is 2.16. The molecule has 0 saturated heterocycles. The van der Waals surface area contributed by atoms with Crippen LogP contribution in [0.1, 0.15) is 34.2 Å². The van der Waals surface area contributed by atoms with Crippen molar-refractivity contribution in [3.05, 3.63) is 64.2 Å². The Labute approximate surface area is 145 Å². The second-order valence-electron chi connectivity index (χ2n) is 6.23. The Balaban J connectivity index is 1.77. The number of nitrogens with one attached hydrogen (secondary N) is 2. The molecule has 0 radical (unpaired) electrons. The van der Waals surface area contributed by atoms with Crippen molar-refractivity contribution in [1.29, 1.82) is 0 Å². The van der Waals surface area contributed by atoms with Crippen LogP contribution < -0.4 is 10.6 Å². The summed E-state index contributed by atoms with van der Waals surface area (Å²) >= 11 is 5.39. The van der Waals surface area contributed by atoms with Crippen molar-refractivity contribution in [3.63, 3.8) is 0 Å².